The average Bonchev–Trinajstić information content (AvgIpc) is 2.47. The van der Waals surface area contributed by atoms with Gasteiger partial charge in [0.2, 0.25) is 0 Å². The van der Waals surface area contributed by atoms with Crippen LogP contribution >= 0.6 is 0 Å². The molecule has 5 heteroatoms. The van der Waals surface area contributed by atoms with Crippen molar-refractivity contribution in [2.75, 3.05) is 11.9 Å². The van der Waals surface area contributed by atoms with Gasteiger partial charge in [0.25, 0.3) is 0 Å². The van der Waals surface area contributed by atoms with Crippen LogP contribution in [0.4, 0.5) is 10.5 Å². The van der Waals surface area contributed by atoms with Crippen LogP contribution in [0.2, 0.25) is 0 Å². The van der Waals surface area contributed by atoms with E-state index in [1.807, 2.05) is 19.1 Å². The number of rotatable bonds is 7. The van der Waals surface area contributed by atoms with Crippen LogP contribution in [0.1, 0.15) is 39.2 Å². The zero-order valence-electron chi connectivity index (χ0n) is 13.4. The van der Waals surface area contributed by atoms with Crippen LogP contribution in [-0.2, 0) is 9.53 Å². The number of anilines is 1. The fraction of sp³-hybridized carbons (Fsp3) is 0.412. The van der Waals surface area contributed by atoms with Crippen molar-refractivity contribution in [3.63, 3.8) is 0 Å². The lowest BCUT2D eigenvalue weighted by molar-refractivity contribution is -0.137. The van der Waals surface area contributed by atoms with Crippen molar-refractivity contribution in [3.05, 3.63) is 35.9 Å². The van der Waals surface area contributed by atoms with Gasteiger partial charge in [0.15, 0.2) is 0 Å². The van der Waals surface area contributed by atoms with Crippen LogP contribution in [0.3, 0.4) is 0 Å². The Bertz CT molecular complexity index is 509. The molecular formula is C17H24N2O3. The molecule has 120 valence electrons. The van der Waals surface area contributed by atoms with Crippen molar-refractivity contribution in [1.29, 1.82) is 0 Å². The fourth-order valence-electron chi connectivity index (χ4n) is 1.93. The van der Waals surface area contributed by atoms with E-state index in [4.69, 9.17) is 4.74 Å². The minimum atomic E-state index is -0.367. The highest BCUT2D eigenvalue weighted by atomic mass is 16.5. The summed E-state index contributed by atoms with van der Waals surface area (Å²) >= 11 is 0. The fourth-order valence-corrected chi connectivity index (χ4v) is 1.93. The quantitative estimate of drug-likeness (QED) is 0.597. The van der Waals surface area contributed by atoms with E-state index in [-0.39, 0.29) is 18.0 Å². The molecule has 2 N–H and O–H groups in total. The Labute approximate surface area is 131 Å². The van der Waals surface area contributed by atoms with Gasteiger partial charge in [-0.25, -0.2) is 9.59 Å². The summed E-state index contributed by atoms with van der Waals surface area (Å²) in [5.74, 6) is -0.367. The number of esters is 1. The first-order valence-electron chi connectivity index (χ1n) is 7.57. The maximum atomic E-state index is 11.8. The molecule has 0 saturated carbocycles. The van der Waals surface area contributed by atoms with Crippen molar-refractivity contribution in [3.8, 4) is 0 Å². The first-order valence-corrected chi connectivity index (χ1v) is 7.57. The van der Waals surface area contributed by atoms with Crippen LogP contribution in [0, 0.1) is 0 Å². The third-order valence-corrected chi connectivity index (χ3v) is 2.97. The molecule has 0 aromatic heterocycles. The van der Waals surface area contributed by atoms with Crippen LogP contribution in [0.5, 0.6) is 0 Å². The number of ether oxygens (including phenoxy) is 1. The molecule has 0 radical (unpaired) electrons. The molecular weight excluding hydrogens is 280 g/mol. The summed E-state index contributed by atoms with van der Waals surface area (Å²) in [6.45, 7) is 6.18. The topological polar surface area (TPSA) is 67.4 Å². The molecule has 1 aromatic carbocycles. The van der Waals surface area contributed by atoms with Crippen molar-refractivity contribution in [1.82, 2.24) is 5.32 Å². The lowest BCUT2D eigenvalue weighted by Crippen LogP contribution is -2.35. The Hall–Kier alpha value is -2.30. The maximum Gasteiger partial charge on any atom is 0.330 e. The molecule has 22 heavy (non-hydrogen) atoms. The highest BCUT2D eigenvalue weighted by Crippen LogP contribution is 2.11. The van der Waals surface area contributed by atoms with E-state index < -0.39 is 0 Å². The molecule has 0 unspecified atom stereocenters. The molecule has 0 saturated heterocycles. The van der Waals surface area contributed by atoms with E-state index in [1.54, 1.807) is 25.1 Å². The van der Waals surface area contributed by atoms with Gasteiger partial charge in [-0.3, -0.25) is 0 Å². The predicted octanol–water partition coefficient (Wildman–Crippen LogP) is 3.57. The molecule has 1 aromatic rings. The van der Waals surface area contributed by atoms with E-state index in [0.717, 1.165) is 18.4 Å². The number of benzene rings is 1. The Morgan fingerprint density at radius 1 is 1.23 bits per heavy atom. The van der Waals surface area contributed by atoms with Gasteiger partial charge in [0.05, 0.1) is 6.61 Å². The van der Waals surface area contributed by atoms with Crippen molar-refractivity contribution < 1.29 is 14.3 Å². The number of nitrogens with one attached hydrogen (secondary N) is 2. The summed E-state index contributed by atoms with van der Waals surface area (Å²) in [7, 11) is 0. The van der Waals surface area contributed by atoms with E-state index >= 15 is 0 Å². The third kappa shape index (κ3) is 6.92. The number of hydrogen-bond donors (Lipinski definition) is 2. The molecule has 2 amide bonds. The normalized spacial score (nSPS) is 12.0. The lowest BCUT2D eigenvalue weighted by atomic mass is 10.2. The van der Waals surface area contributed by atoms with Gasteiger partial charge in [-0.15, -0.1) is 0 Å². The van der Waals surface area contributed by atoms with Gasteiger partial charge in [-0.2, -0.15) is 0 Å². The van der Waals surface area contributed by atoms with Gasteiger partial charge >= 0.3 is 12.0 Å². The first-order chi connectivity index (χ1) is 10.5. The molecule has 0 heterocycles. The zero-order chi connectivity index (χ0) is 16.4. The first kappa shape index (κ1) is 17.8. The number of urea groups is 1. The second-order valence-electron chi connectivity index (χ2n) is 5.00. The zero-order valence-corrected chi connectivity index (χ0v) is 13.4. The smallest absolute Gasteiger partial charge is 0.330 e. The van der Waals surface area contributed by atoms with E-state index in [0.29, 0.717) is 12.3 Å². The Kier molecular flexibility index (Phi) is 7.75. The Morgan fingerprint density at radius 2 is 1.91 bits per heavy atom. The largest absolute Gasteiger partial charge is 0.463 e. The minimum absolute atomic E-state index is 0.150. The van der Waals surface area contributed by atoms with Gasteiger partial charge in [0.1, 0.15) is 0 Å². The van der Waals surface area contributed by atoms with Gasteiger partial charge in [0, 0.05) is 17.8 Å². The SMILES string of the molecule is CCC[C@H](C)NC(=O)Nc1ccc(/C=C\C(=O)OCC)cc1. The average molecular weight is 304 g/mol. The molecule has 0 fully saturated rings. The summed E-state index contributed by atoms with van der Waals surface area (Å²) < 4.78 is 4.81. The summed E-state index contributed by atoms with van der Waals surface area (Å²) in [6, 6.07) is 7.15. The number of carbonyl (C=O) groups excluding carboxylic acids is 2. The third-order valence-electron chi connectivity index (χ3n) is 2.97. The second kappa shape index (κ2) is 9.60. The Balaban J connectivity index is 2.51. The highest BCUT2D eigenvalue weighted by molar-refractivity contribution is 5.90. The standard InChI is InChI=1S/C17H24N2O3/c1-4-6-13(3)18-17(21)19-15-10-7-14(8-11-15)9-12-16(20)22-5-2/h7-13H,4-6H2,1-3H3,(H2,18,19,21)/b12-9-/t13-/m0/s1. The molecule has 0 bridgehead atoms. The highest BCUT2D eigenvalue weighted by Gasteiger charge is 2.06. The summed E-state index contributed by atoms with van der Waals surface area (Å²) in [5, 5.41) is 5.65. The number of hydrogen-bond acceptors (Lipinski definition) is 3. The van der Waals surface area contributed by atoms with Gasteiger partial charge in [-0.05, 0) is 44.0 Å². The van der Waals surface area contributed by atoms with E-state index in [1.165, 1.54) is 6.08 Å². The van der Waals surface area contributed by atoms with Crippen LogP contribution in [0.25, 0.3) is 6.08 Å². The van der Waals surface area contributed by atoms with Crippen LogP contribution < -0.4 is 10.6 Å². The van der Waals surface area contributed by atoms with Gasteiger partial charge < -0.3 is 15.4 Å². The molecule has 1 rings (SSSR count). The number of carbonyl (C=O) groups is 2. The predicted molar refractivity (Wildman–Crippen MR) is 88.6 cm³/mol. The lowest BCUT2D eigenvalue weighted by Gasteiger charge is -2.13. The number of amides is 2. The Morgan fingerprint density at radius 3 is 2.50 bits per heavy atom. The van der Waals surface area contributed by atoms with Crippen LogP contribution in [-0.4, -0.2) is 24.6 Å². The molecule has 0 aliphatic heterocycles. The summed E-state index contributed by atoms with van der Waals surface area (Å²) in [5.41, 5.74) is 1.56. The minimum Gasteiger partial charge on any atom is -0.463 e. The molecule has 0 aliphatic rings. The van der Waals surface area contributed by atoms with E-state index in [9.17, 15) is 9.59 Å². The van der Waals surface area contributed by atoms with Gasteiger partial charge in [-0.1, -0.05) is 25.5 Å². The monoisotopic (exact) mass is 304 g/mol. The molecule has 0 spiro atoms. The second-order valence-corrected chi connectivity index (χ2v) is 5.00. The van der Waals surface area contributed by atoms with Crippen molar-refractivity contribution >= 4 is 23.8 Å². The molecule has 5 nitrogen and oxygen atoms in total. The van der Waals surface area contributed by atoms with Crippen LogP contribution in [0.15, 0.2) is 30.3 Å². The summed E-state index contributed by atoms with van der Waals surface area (Å²) in [6.07, 6.45) is 5.03. The van der Waals surface area contributed by atoms with Crippen molar-refractivity contribution in [2.45, 2.75) is 39.7 Å². The van der Waals surface area contributed by atoms with E-state index in [2.05, 4.69) is 17.6 Å². The molecule has 1 atom stereocenters. The molecule has 0 aliphatic carbocycles. The maximum absolute atomic E-state index is 11.8. The van der Waals surface area contributed by atoms with Crippen molar-refractivity contribution in [2.24, 2.45) is 0 Å². The summed E-state index contributed by atoms with van der Waals surface area (Å²) in [4.78, 5) is 23.0.